The lowest BCUT2D eigenvalue weighted by Crippen LogP contribution is -2.01. The van der Waals surface area contributed by atoms with E-state index in [1.165, 1.54) is 10.5 Å². The third kappa shape index (κ3) is 4.22. The largest absolute Gasteiger partial charge is 0.294 e. The second kappa shape index (κ2) is 6.92. The molecule has 0 amide bonds. The second-order valence-corrected chi connectivity index (χ2v) is 6.08. The maximum atomic E-state index is 12.1. The number of carbonyl (C=O) groups excluding carboxylic acids is 1. The van der Waals surface area contributed by atoms with Gasteiger partial charge in [-0.3, -0.25) is 4.79 Å². The van der Waals surface area contributed by atoms with Gasteiger partial charge in [-0.1, -0.05) is 40.2 Å². The van der Waals surface area contributed by atoms with Crippen LogP contribution in [0, 0.1) is 0 Å². The van der Waals surface area contributed by atoms with Gasteiger partial charge in [0.25, 0.3) is 0 Å². The molecule has 0 aliphatic heterocycles. The molecule has 0 radical (unpaired) electrons. The summed E-state index contributed by atoms with van der Waals surface area (Å²) >= 11 is 5.13. The molecule has 0 N–H and O–H groups in total. The molecule has 0 aliphatic carbocycles. The second-order valence-electron chi connectivity index (χ2n) is 4.28. The van der Waals surface area contributed by atoms with E-state index in [0.29, 0.717) is 6.42 Å². The fourth-order valence-electron chi connectivity index (χ4n) is 1.87. The Morgan fingerprint density at radius 1 is 1.16 bits per heavy atom. The van der Waals surface area contributed by atoms with Crippen LogP contribution < -0.4 is 0 Å². The smallest absolute Gasteiger partial charge is 0.163 e. The lowest BCUT2D eigenvalue weighted by atomic mass is 10.0. The van der Waals surface area contributed by atoms with E-state index in [9.17, 15) is 4.79 Å². The molecule has 3 heteroatoms. The first-order valence-corrected chi connectivity index (χ1v) is 8.12. The van der Waals surface area contributed by atoms with Crippen LogP contribution in [-0.4, -0.2) is 12.0 Å². The van der Waals surface area contributed by atoms with Crippen LogP contribution in [-0.2, 0) is 6.42 Å². The monoisotopic (exact) mass is 334 g/mol. The van der Waals surface area contributed by atoms with Gasteiger partial charge in [-0.25, -0.2) is 0 Å². The molecule has 2 aromatic carbocycles. The highest BCUT2D eigenvalue weighted by Gasteiger charge is 2.06. The van der Waals surface area contributed by atoms with E-state index < -0.39 is 0 Å². The summed E-state index contributed by atoms with van der Waals surface area (Å²) in [6.07, 6.45) is 3.36. The number of thioether (sulfide) groups is 1. The summed E-state index contributed by atoms with van der Waals surface area (Å²) in [7, 11) is 0. The van der Waals surface area contributed by atoms with E-state index in [1.807, 2.05) is 42.7 Å². The van der Waals surface area contributed by atoms with Crippen LogP contribution in [0.1, 0.15) is 22.3 Å². The molecule has 19 heavy (non-hydrogen) atoms. The van der Waals surface area contributed by atoms with E-state index in [2.05, 4.69) is 28.1 Å². The van der Waals surface area contributed by atoms with Crippen LogP contribution in [0.3, 0.4) is 0 Å². The zero-order valence-corrected chi connectivity index (χ0v) is 13.1. The molecule has 0 spiro atoms. The van der Waals surface area contributed by atoms with Crippen molar-refractivity contribution in [3.05, 3.63) is 64.1 Å². The molecular weight excluding hydrogens is 320 g/mol. The Morgan fingerprint density at radius 3 is 2.53 bits per heavy atom. The van der Waals surface area contributed by atoms with Crippen molar-refractivity contribution in [3.8, 4) is 0 Å². The van der Waals surface area contributed by atoms with Gasteiger partial charge in [-0.15, -0.1) is 11.8 Å². The minimum absolute atomic E-state index is 0.202. The zero-order chi connectivity index (χ0) is 13.7. The first-order valence-electron chi connectivity index (χ1n) is 6.11. The van der Waals surface area contributed by atoms with Gasteiger partial charge < -0.3 is 0 Å². The molecule has 2 aromatic rings. The Balaban J connectivity index is 1.97. The van der Waals surface area contributed by atoms with Crippen molar-refractivity contribution in [3.63, 3.8) is 0 Å². The van der Waals surface area contributed by atoms with E-state index >= 15 is 0 Å². The number of Topliss-reactive ketones (excluding diaryl/α,β-unsaturated/α-hetero) is 1. The van der Waals surface area contributed by atoms with Gasteiger partial charge in [-0.2, -0.15) is 0 Å². The van der Waals surface area contributed by atoms with Gasteiger partial charge in [0, 0.05) is 21.4 Å². The topological polar surface area (TPSA) is 17.1 Å². The van der Waals surface area contributed by atoms with Crippen molar-refractivity contribution in [1.29, 1.82) is 0 Å². The highest BCUT2D eigenvalue weighted by atomic mass is 79.9. The van der Waals surface area contributed by atoms with Gasteiger partial charge in [0.05, 0.1) is 0 Å². The number of benzene rings is 2. The number of aryl methyl sites for hydroxylation is 1. The molecule has 0 bridgehead atoms. The highest BCUT2D eigenvalue weighted by Crippen LogP contribution is 2.17. The summed E-state index contributed by atoms with van der Waals surface area (Å²) in [5.41, 5.74) is 1.98. The number of carbonyl (C=O) groups is 1. The third-order valence-corrected chi connectivity index (χ3v) is 4.18. The summed E-state index contributed by atoms with van der Waals surface area (Å²) in [5, 5.41) is 0. The van der Waals surface area contributed by atoms with Crippen LogP contribution >= 0.6 is 27.7 Å². The molecule has 2 rings (SSSR count). The normalized spacial score (nSPS) is 10.4. The summed E-state index contributed by atoms with van der Waals surface area (Å²) in [5.74, 6) is 0.202. The van der Waals surface area contributed by atoms with Crippen LogP contribution in [0.15, 0.2) is 57.9 Å². The quantitative estimate of drug-likeness (QED) is 0.566. The molecule has 1 nitrogen and oxygen atoms in total. The SMILES string of the molecule is CSc1ccc(C(=O)CCc2cccc(Br)c2)cc1. The Hall–Kier alpha value is -1.06. The van der Waals surface area contributed by atoms with Crippen molar-refractivity contribution in [2.24, 2.45) is 0 Å². The van der Waals surface area contributed by atoms with Crippen LogP contribution in [0.4, 0.5) is 0 Å². The number of rotatable bonds is 5. The average Bonchev–Trinajstić information content (AvgIpc) is 2.45. The van der Waals surface area contributed by atoms with Crippen molar-refractivity contribution in [2.75, 3.05) is 6.26 Å². The number of hydrogen-bond acceptors (Lipinski definition) is 2. The van der Waals surface area contributed by atoms with Crippen LogP contribution in [0.25, 0.3) is 0 Å². The average molecular weight is 335 g/mol. The van der Waals surface area contributed by atoms with Crippen LogP contribution in [0.2, 0.25) is 0 Å². The van der Waals surface area contributed by atoms with Gasteiger partial charge >= 0.3 is 0 Å². The highest BCUT2D eigenvalue weighted by molar-refractivity contribution is 9.10. The molecule has 0 atom stereocenters. The summed E-state index contributed by atoms with van der Waals surface area (Å²) in [6.45, 7) is 0. The van der Waals surface area contributed by atoms with E-state index in [4.69, 9.17) is 0 Å². The maximum absolute atomic E-state index is 12.1. The number of halogens is 1. The fourth-order valence-corrected chi connectivity index (χ4v) is 2.73. The molecule has 0 aliphatic rings. The van der Waals surface area contributed by atoms with Crippen LogP contribution in [0.5, 0.6) is 0 Å². The van der Waals surface area contributed by atoms with Gasteiger partial charge in [-0.05, 0) is 42.5 Å². The summed E-state index contributed by atoms with van der Waals surface area (Å²) in [6, 6.07) is 15.9. The first-order chi connectivity index (χ1) is 9.19. The van der Waals surface area contributed by atoms with E-state index in [-0.39, 0.29) is 5.78 Å². The van der Waals surface area contributed by atoms with Gasteiger partial charge in [0.15, 0.2) is 5.78 Å². The van der Waals surface area contributed by atoms with Gasteiger partial charge in [0.2, 0.25) is 0 Å². The summed E-state index contributed by atoms with van der Waals surface area (Å²) in [4.78, 5) is 13.3. The van der Waals surface area contributed by atoms with Gasteiger partial charge in [0.1, 0.15) is 0 Å². The van der Waals surface area contributed by atoms with E-state index in [0.717, 1.165) is 16.5 Å². The lowest BCUT2D eigenvalue weighted by Gasteiger charge is -2.03. The third-order valence-electron chi connectivity index (χ3n) is 2.94. The van der Waals surface area contributed by atoms with Crippen molar-refractivity contribution in [1.82, 2.24) is 0 Å². The minimum atomic E-state index is 0.202. The van der Waals surface area contributed by atoms with Crippen molar-refractivity contribution < 1.29 is 4.79 Å². The molecule has 0 saturated heterocycles. The molecule has 0 aromatic heterocycles. The van der Waals surface area contributed by atoms with Crippen molar-refractivity contribution in [2.45, 2.75) is 17.7 Å². The predicted molar refractivity (Wildman–Crippen MR) is 85.0 cm³/mol. The lowest BCUT2D eigenvalue weighted by molar-refractivity contribution is 0.0983. The van der Waals surface area contributed by atoms with Crippen molar-refractivity contribution >= 4 is 33.5 Å². The molecular formula is C16H15BrOS. The molecule has 0 heterocycles. The first kappa shape index (κ1) is 14.4. The number of ketones is 1. The summed E-state index contributed by atoms with van der Waals surface area (Å²) < 4.78 is 1.06. The fraction of sp³-hybridized carbons (Fsp3) is 0.188. The predicted octanol–water partition coefficient (Wildman–Crippen LogP) is 4.99. The minimum Gasteiger partial charge on any atom is -0.294 e. The zero-order valence-electron chi connectivity index (χ0n) is 10.7. The Morgan fingerprint density at radius 2 is 1.89 bits per heavy atom. The Bertz CT molecular complexity index is 563. The van der Waals surface area contributed by atoms with E-state index in [1.54, 1.807) is 11.8 Å². The Labute approximate surface area is 126 Å². The molecule has 0 unspecified atom stereocenters. The Kier molecular flexibility index (Phi) is 5.23. The molecule has 98 valence electrons. The molecule has 0 saturated carbocycles. The maximum Gasteiger partial charge on any atom is 0.163 e. The number of hydrogen-bond donors (Lipinski definition) is 0. The standard InChI is InChI=1S/C16H15BrOS/c1-19-15-8-6-13(7-9-15)16(18)10-5-12-3-2-4-14(17)11-12/h2-4,6-9,11H,5,10H2,1H3. The molecule has 0 fully saturated rings.